The van der Waals surface area contributed by atoms with Gasteiger partial charge in [-0.25, -0.2) is 4.98 Å². The third kappa shape index (κ3) is 3.05. The molecule has 0 radical (unpaired) electrons. The predicted octanol–water partition coefficient (Wildman–Crippen LogP) is 3.67. The van der Waals surface area contributed by atoms with E-state index < -0.39 is 0 Å². The quantitative estimate of drug-likeness (QED) is 0.382. The van der Waals surface area contributed by atoms with E-state index in [-0.39, 0.29) is 0 Å². The van der Waals surface area contributed by atoms with E-state index >= 15 is 0 Å². The second-order valence-corrected chi connectivity index (χ2v) is 9.03. The number of pyridine rings is 1. The SMILES string of the molecule is CNc1nc(N[C@H]2CC[C@]3(CCO)CC3C2)nc2[nH]cc(-c3ccc4nccn4c3)c12. The first kappa shape index (κ1) is 18.6. The summed E-state index contributed by atoms with van der Waals surface area (Å²) in [5, 5.41) is 17.2. The van der Waals surface area contributed by atoms with Crippen LogP contribution in [0.15, 0.2) is 36.9 Å². The highest BCUT2D eigenvalue weighted by molar-refractivity contribution is 6.01. The van der Waals surface area contributed by atoms with Gasteiger partial charge in [0.15, 0.2) is 0 Å². The Morgan fingerprint density at radius 2 is 2.26 bits per heavy atom. The Morgan fingerprint density at radius 1 is 1.32 bits per heavy atom. The van der Waals surface area contributed by atoms with Crippen molar-refractivity contribution in [2.45, 2.75) is 38.1 Å². The number of anilines is 2. The fraction of sp³-hybridized carbons (Fsp3) is 0.435. The molecule has 160 valence electrons. The molecule has 0 bridgehead atoms. The van der Waals surface area contributed by atoms with Gasteiger partial charge in [0.25, 0.3) is 0 Å². The number of H-pyrrole nitrogens is 1. The first-order chi connectivity index (χ1) is 15.2. The second kappa shape index (κ2) is 6.95. The van der Waals surface area contributed by atoms with Crippen molar-refractivity contribution < 1.29 is 5.11 Å². The molecule has 4 aromatic heterocycles. The molecule has 0 aliphatic heterocycles. The molecule has 4 aromatic rings. The second-order valence-electron chi connectivity index (χ2n) is 9.03. The van der Waals surface area contributed by atoms with Crippen LogP contribution in [0.5, 0.6) is 0 Å². The molecule has 3 atom stereocenters. The molecule has 0 saturated heterocycles. The van der Waals surface area contributed by atoms with Crippen LogP contribution >= 0.6 is 0 Å². The van der Waals surface area contributed by atoms with Crippen LogP contribution in [0.3, 0.4) is 0 Å². The van der Waals surface area contributed by atoms with E-state index in [0.717, 1.165) is 58.8 Å². The summed E-state index contributed by atoms with van der Waals surface area (Å²) in [5.41, 5.74) is 4.30. The number of nitrogens with one attached hydrogen (secondary N) is 3. The summed E-state index contributed by atoms with van der Waals surface area (Å²) in [4.78, 5) is 17.3. The van der Waals surface area contributed by atoms with Crippen molar-refractivity contribution in [1.82, 2.24) is 24.3 Å². The number of aromatic amines is 1. The molecule has 8 nitrogen and oxygen atoms in total. The number of aromatic nitrogens is 5. The van der Waals surface area contributed by atoms with E-state index in [4.69, 9.17) is 9.97 Å². The lowest BCUT2D eigenvalue weighted by atomic mass is 9.83. The lowest BCUT2D eigenvalue weighted by Crippen LogP contribution is -2.28. The predicted molar refractivity (Wildman–Crippen MR) is 121 cm³/mol. The monoisotopic (exact) mass is 417 g/mol. The molecule has 4 heterocycles. The fourth-order valence-corrected chi connectivity index (χ4v) is 5.55. The van der Waals surface area contributed by atoms with Gasteiger partial charge in [0.2, 0.25) is 5.95 Å². The first-order valence-corrected chi connectivity index (χ1v) is 11.1. The van der Waals surface area contributed by atoms with E-state index in [1.54, 1.807) is 6.20 Å². The lowest BCUT2D eigenvalue weighted by Gasteiger charge is -2.28. The fourth-order valence-electron chi connectivity index (χ4n) is 5.55. The van der Waals surface area contributed by atoms with Crippen LogP contribution in [0, 0.1) is 11.3 Å². The largest absolute Gasteiger partial charge is 0.396 e. The Kier molecular flexibility index (Phi) is 4.17. The number of fused-ring (bicyclic) bond motifs is 3. The van der Waals surface area contributed by atoms with Gasteiger partial charge in [0, 0.05) is 55.6 Å². The zero-order chi connectivity index (χ0) is 21.0. The van der Waals surface area contributed by atoms with Gasteiger partial charge in [-0.15, -0.1) is 0 Å². The van der Waals surface area contributed by atoms with Crippen molar-refractivity contribution in [3.8, 4) is 11.1 Å². The standard InChI is InChI=1S/C23H27N7O/c1-24-20-19-17(14-2-3-18-25-7-8-30(18)13-14)12-26-21(19)29-22(28-20)27-16-4-5-23(6-9-31)11-15(23)10-16/h2-3,7-8,12-13,15-16,31H,4-6,9-11H2,1H3,(H3,24,26,27,28,29)/t15?,16-,23-/m0/s1. The lowest BCUT2D eigenvalue weighted by molar-refractivity contribution is 0.212. The number of aliphatic hydroxyl groups is 1. The van der Waals surface area contributed by atoms with Gasteiger partial charge in [-0.3, -0.25) is 0 Å². The van der Waals surface area contributed by atoms with Crippen molar-refractivity contribution in [2.24, 2.45) is 11.3 Å². The number of aliphatic hydroxyl groups excluding tert-OH is 1. The van der Waals surface area contributed by atoms with Crippen LogP contribution < -0.4 is 10.6 Å². The van der Waals surface area contributed by atoms with Crippen molar-refractivity contribution in [2.75, 3.05) is 24.3 Å². The highest BCUT2D eigenvalue weighted by Crippen LogP contribution is 2.63. The highest BCUT2D eigenvalue weighted by Gasteiger charge is 2.55. The van der Waals surface area contributed by atoms with E-state index in [1.165, 1.54) is 12.8 Å². The highest BCUT2D eigenvalue weighted by atomic mass is 16.3. The Hall–Kier alpha value is -3.13. The number of hydrogen-bond donors (Lipinski definition) is 4. The van der Waals surface area contributed by atoms with Gasteiger partial charge in [0.05, 0.1) is 5.39 Å². The smallest absolute Gasteiger partial charge is 0.226 e. The maximum Gasteiger partial charge on any atom is 0.226 e. The minimum Gasteiger partial charge on any atom is -0.396 e. The van der Waals surface area contributed by atoms with Gasteiger partial charge in [-0.2, -0.15) is 9.97 Å². The molecule has 1 unspecified atom stereocenters. The maximum atomic E-state index is 9.34. The minimum atomic E-state index is 0.308. The van der Waals surface area contributed by atoms with Crippen molar-refractivity contribution >= 4 is 28.4 Å². The zero-order valence-corrected chi connectivity index (χ0v) is 17.6. The normalized spacial score (nSPS) is 25.0. The molecule has 8 heteroatoms. The summed E-state index contributed by atoms with van der Waals surface area (Å²) >= 11 is 0. The van der Waals surface area contributed by atoms with Crippen LogP contribution in [0.4, 0.5) is 11.8 Å². The summed E-state index contributed by atoms with van der Waals surface area (Å²) in [6.07, 6.45) is 13.5. The van der Waals surface area contributed by atoms with Crippen molar-refractivity contribution in [3.63, 3.8) is 0 Å². The van der Waals surface area contributed by atoms with E-state index in [0.29, 0.717) is 24.0 Å². The molecule has 2 aliphatic rings. The molecule has 6 rings (SSSR count). The summed E-state index contributed by atoms with van der Waals surface area (Å²) in [6, 6.07) is 4.48. The zero-order valence-electron chi connectivity index (χ0n) is 17.6. The average molecular weight is 418 g/mol. The number of nitrogens with zero attached hydrogens (tertiary/aromatic N) is 4. The van der Waals surface area contributed by atoms with Gasteiger partial charge in [0.1, 0.15) is 17.1 Å². The van der Waals surface area contributed by atoms with Crippen LogP contribution in [-0.2, 0) is 0 Å². The Labute approximate surface area is 180 Å². The number of imidazole rings is 1. The van der Waals surface area contributed by atoms with Gasteiger partial charge >= 0.3 is 0 Å². The maximum absolute atomic E-state index is 9.34. The molecule has 0 amide bonds. The number of hydrogen-bond acceptors (Lipinski definition) is 6. The van der Waals surface area contributed by atoms with Crippen LogP contribution in [0.2, 0.25) is 0 Å². The van der Waals surface area contributed by atoms with Gasteiger partial charge in [-0.1, -0.05) is 0 Å². The van der Waals surface area contributed by atoms with E-state index in [9.17, 15) is 5.11 Å². The van der Waals surface area contributed by atoms with E-state index in [2.05, 4.69) is 32.9 Å². The summed E-state index contributed by atoms with van der Waals surface area (Å²) < 4.78 is 2.02. The van der Waals surface area contributed by atoms with Gasteiger partial charge in [-0.05, 0) is 55.6 Å². The van der Waals surface area contributed by atoms with Crippen LogP contribution in [0.25, 0.3) is 27.8 Å². The van der Waals surface area contributed by atoms with Crippen molar-refractivity contribution in [3.05, 3.63) is 36.9 Å². The Morgan fingerprint density at radius 3 is 3.10 bits per heavy atom. The molecule has 2 fully saturated rings. The van der Waals surface area contributed by atoms with Crippen molar-refractivity contribution in [1.29, 1.82) is 0 Å². The molecule has 31 heavy (non-hydrogen) atoms. The molecule has 4 N–H and O–H groups in total. The molecule has 2 saturated carbocycles. The molecule has 0 aromatic carbocycles. The van der Waals surface area contributed by atoms with E-state index in [1.807, 2.05) is 29.9 Å². The molecule has 2 aliphatic carbocycles. The summed E-state index contributed by atoms with van der Waals surface area (Å²) in [6.45, 7) is 0.308. The Bertz CT molecular complexity index is 1260. The molecular weight excluding hydrogens is 390 g/mol. The molecular formula is C23H27N7O. The third-order valence-corrected chi connectivity index (χ3v) is 7.33. The van der Waals surface area contributed by atoms with Gasteiger partial charge < -0.3 is 25.1 Å². The molecule has 0 spiro atoms. The summed E-state index contributed by atoms with van der Waals surface area (Å²) in [5.74, 6) is 2.20. The summed E-state index contributed by atoms with van der Waals surface area (Å²) in [7, 11) is 1.90. The average Bonchev–Trinajstić information content (AvgIpc) is 3.11. The minimum absolute atomic E-state index is 0.308. The third-order valence-electron chi connectivity index (χ3n) is 7.33. The van der Waals surface area contributed by atoms with Crippen LogP contribution in [-0.4, -0.2) is 49.1 Å². The van der Waals surface area contributed by atoms with Crippen LogP contribution in [0.1, 0.15) is 32.1 Å². The number of rotatable bonds is 6. The topological polar surface area (TPSA) is 103 Å². The Balaban J connectivity index is 1.29. The first-order valence-electron chi connectivity index (χ1n) is 11.1.